The predicted molar refractivity (Wildman–Crippen MR) is 160 cm³/mol. The Hall–Kier alpha value is -4.58. The fourth-order valence-electron chi connectivity index (χ4n) is 4.02. The number of ether oxygens (including phenoxy) is 2. The summed E-state index contributed by atoms with van der Waals surface area (Å²) in [4.78, 5) is 41.7. The van der Waals surface area contributed by atoms with Crippen molar-refractivity contribution in [3.8, 4) is 11.5 Å². The molecule has 11 nitrogen and oxygen atoms in total. The largest absolute Gasteiger partial charge is 0.493 e. The van der Waals surface area contributed by atoms with E-state index in [1.807, 2.05) is 32.0 Å². The molecule has 4 rings (SSSR count). The normalized spacial score (nSPS) is 11.1. The van der Waals surface area contributed by atoms with E-state index < -0.39 is 23.1 Å². The van der Waals surface area contributed by atoms with E-state index >= 15 is 0 Å². The minimum Gasteiger partial charge on any atom is -0.493 e. The third kappa shape index (κ3) is 7.14. The molecule has 0 unspecified atom stereocenters. The van der Waals surface area contributed by atoms with E-state index in [1.165, 1.54) is 30.1 Å². The van der Waals surface area contributed by atoms with Gasteiger partial charge in [-0.2, -0.15) is 9.78 Å². The summed E-state index contributed by atoms with van der Waals surface area (Å²) in [5.74, 6) is -0.191. The number of rotatable bonds is 11. The molecule has 12 heteroatoms. The van der Waals surface area contributed by atoms with Crippen LogP contribution in [0.2, 0.25) is 0 Å². The first kappa shape index (κ1) is 29.4. The molecule has 3 aromatic carbocycles. The first-order valence-corrected chi connectivity index (χ1v) is 13.6. The molecular formula is C29H28BrN5O6. The number of carbonyl (C=O) groups excluding carboxylic acids is 1. The lowest BCUT2D eigenvalue weighted by Crippen LogP contribution is -2.22. The van der Waals surface area contributed by atoms with E-state index in [0.717, 1.165) is 22.9 Å². The third-order valence-electron chi connectivity index (χ3n) is 6.11. The minimum atomic E-state index is -0.638. The van der Waals surface area contributed by atoms with Gasteiger partial charge in [0.1, 0.15) is 5.82 Å². The van der Waals surface area contributed by atoms with Crippen LogP contribution in [0.25, 0.3) is 10.9 Å². The molecule has 0 atom stereocenters. The molecule has 0 aliphatic heterocycles. The maximum Gasteiger partial charge on any atom is 0.315 e. The number of nitrogens with one attached hydrogen (secondary N) is 1. The van der Waals surface area contributed by atoms with E-state index in [4.69, 9.17) is 9.47 Å². The van der Waals surface area contributed by atoms with Gasteiger partial charge in [0.05, 0.1) is 29.2 Å². The lowest BCUT2D eigenvalue weighted by Gasteiger charge is -2.12. The van der Waals surface area contributed by atoms with Crippen LogP contribution in [0.4, 0.5) is 11.4 Å². The van der Waals surface area contributed by atoms with Gasteiger partial charge in [0.25, 0.3) is 11.5 Å². The molecule has 0 radical (unpaired) electrons. The molecule has 0 aliphatic rings. The number of carbonyl (C=O) groups is 1. The van der Waals surface area contributed by atoms with Crippen LogP contribution in [0.3, 0.4) is 0 Å². The number of benzene rings is 3. The molecule has 1 heterocycles. The number of hydrogen-bond donors (Lipinski definition) is 1. The van der Waals surface area contributed by atoms with Crippen LogP contribution in [0.15, 0.2) is 69.0 Å². The maximum absolute atomic E-state index is 13.3. The van der Waals surface area contributed by atoms with Crippen molar-refractivity contribution in [2.45, 2.75) is 33.1 Å². The average Bonchev–Trinajstić information content (AvgIpc) is 2.95. The van der Waals surface area contributed by atoms with Crippen LogP contribution >= 0.6 is 15.9 Å². The molecular weight excluding hydrogens is 594 g/mol. The standard InChI is InChI=1S/C29H28BrN5O6/c1-4-5-6-26-33-23-12-9-20(30)15-22(23)29(37)34(26)31-16-19-13-24(35(38)39)28(25(14-19)40-3)41-17-27(36)32-21-10-7-18(2)8-11-21/h7-16H,4-6,17H2,1-3H3,(H,32,36). The Balaban J connectivity index is 1.65. The van der Waals surface area contributed by atoms with Crippen molar-refractivity contribution >= 4 is 50.3 Å². The zero-order valence-corrected chi connectivity index (χ0v) is 24.3. The number of amides is 1. The van der Waals surface area contributed by atoms with Crippen molar-refractivity contribution in [3.63, 3.8) is 0 Å². The van der Waals surface area contributed by atoms with E-state index in [1.54, 1.807) is 24.3 Å². The Morgan fingerprint density at radius 2 is 1.95 bits per heavy atom. The van der Waals surface area contributed by atoms with Gasteiger partial charge in [-0.25, -0.2) is 4.98 Å². The number of hydrogen-bond acceptors (Lipinski definition) is 8. The summed E-state index contributed by atoms with van der Waals surface area (Å²) in [5, 5.41) is 19.4. The van der Waals surface area contributed by atoms with Gasteiger partial charge in [-0.05, 0) is 49.7 Å². The lowest BCUT2D eigenvalue weighted by atomic mass is 10.2. The molecule has 0 spiro atoms. The number of anilines is 1. The number of nitro groups is 1. The molecule has 1 amide bonds. The second kappa shape index (κ2) is 13.2. The van der Waals surface area contributed by atoms with Gasteiger partial charge >= 0.3 is 5.69 Å². The summed E-state index contributed by atoms with van der Waals surface area (Å²) >= 11 is 3.38. The Kier molecular flexibility index (Phi) is 9.45. The van der Waals surface area contributed by atoms with Crippen molar-refractivity contribution < 1.29 is 19.2 Å². The molecule has 4 aromatic rings. The number of unbranched alkanes of at least 4 members (excludes halogenated alkanes) is 1. The van der Waals surface area contributed by atoms with Crippen molar-refractivity contribution in [2.24, 2.45) is 5.10 Å². The minimum absolute atomic E-state index is 0.0305. The van der Waals surface area contributed by atoms with Crippen LogP contribution in [-0.4, -0.2) is 40.4 Å². The summed E-state index contributed by atoms with van der Waals surface area (Å²) < 4.78 is 12.8. The highest BCUT2D eigenvalue weighted by molar-refractivity contribution is 9.10. The highest BCUT2D eigenvalue weighted by atomic mass is 79.9. The fraction of sp³-hybridized carbons (Fsp3) is 0.241. The number of aromatic nitrogens is 2. The van der Waals surface area contributed by atoms with E-state index in [-0.39, 0.29) is 22.6 Å². The number of halogens is 1. The van der Waals surface area contributed by atoms with Crippen molar-refractivity contribution in [3.05, 3.63) is 96.5 Å². The topological polar surface area (TPSA) is 138 Å². The van der Waals surface area contributed by atoms with Gasteiger partial charge in [0.15, 0.2) is 12.4 Å². The van der Waals surface area contributed by atoms with Crippen LogP contribution < -0.4 is 20.3 Å². The van der Waals surface area contributed by atoms with Crippen molar-refractivity contribution in [1.82, 2.24) is 9.66 Å². The van der Waals surface area contributed by atoms with Crippen LogP contribution in [0, 0.1) is 17.0 Å². The van der Waals surface area contributed by atoms with E-state index in [2.05, 4.69) is 31.3 Å². The van der Waals surface area contributed by atoms with Gasteiger partial charge in [0, 0.05) is 28.2 Å². The SMILES string of the molecule is CCCCc1nc2ccc(Br)cc2c(=O)n1N=Cc1cc(OC)c(OCC(=O)Nc2ccc(C)cc2)c([N+](=O)[O-])c1. The molecule has 41 heavy (non-hydrogen) atoms. The molecule has 0 aliphatic carbocycles. The van der Waals surface area contributed by atoms with Crippen molar-refractivity contribution in [1.29, 1.82) is 0 Å². The Morgan fingerprint density at radius 1 is 1.20 bits per heavy atom. The number of nitrogens with zero attached hydrogens (tertiary/aromatic N) is 4. The first-order valence-electron chi connectivity index (χ1n) is 12.8. The van der Waals surface area contributed by atoms with Gasteiger partial charge in [-0.1, -0.05) is 47.0 Å². The third-order valence-corrected chi connectivity index (χ3v) is 6.60. The average molecular weight is 622 g/mol. The van der Waals surface area contributed by atoms with Crippen LogP contribution in [-0.2, 0) is 11.2 Å². The molecule has 0 saturated carbocycles. The lowest BCUT2D eigenvalue weighted by molar-refractivity contribution is -0.385. The molecule has 0 saturated heterocycles. The maximum atomic E-state index is 13.3. The molecule has 0 bridgehead atoms. The van der Waals surface area contributed by atoms with Crippen molar-refractivity contribution in [2.75, 3.05) is 19.0 Å². The van der Waals surface area contributed by atoms with Gasteiger partial charge in [-0.15, -0.1) is 0 Å². The predicted octanol–water partition coefficient (Wildman–Crippen LogP) is 5.63. The van der Waals surface area contributed by atoms with E-state index in [0.29, 0.717) is 28.8 Å². The van der Waals surface area contributed by atoms with Gasteiger partial charge in [-0.3, -0.25) is 19.7 Å². The Labute approximate surface area is 244 Å². The first-order chi connectivity index (χ1) is 19.7. The zero-order chi connectivity index (χ0) is 29.5. The highest BCUT2D eigenvalue weighted by Gasteiger charge is 2.23. The number of aryl methyl sites for hydroxylation is 2. The summed E-state index contributed by atoms with van der Waals surface area (Å²) in [5.41, 5.74) is 1.66. The zero-order valence-electron chi connectivity index (χ0n) is 22.7. The molecule has 212 valence electrons. The smallest absolute Gasteiger partial charge is 0.315 e. The monoisotopic (exact) mass is 621 g/mol. The quantitative estimate of drug-likeness (QED) is 0.130. The summed E-state index contributed by atoms with van der Waals surface area (Å²) in [6.07, 6.45) is 3.54. The number of methoxy groups -OCH3 is 1. The summed E-state index contributed by atoms with van der Waals surface area (Å²) in [6, 6.07) is 15.1. The second-order valence-electron chi connectivity index (χ2n) is 9.19. The molecule has 0 fully saturated rings. The van der Waals surface area contributed by atoms with E-state index in [9.17, 15) is 19.7 Å². The van der Waals surface area contributed by atoms with Crippen LogP contribution in [0.5, 0.6) is 11.5 Å². The molecule has 1 N–H and O–H groups in total. The van der Waals surface area contributed by atoms with Gasteiger partial charge in [0.2, 0.25) is 5.75 Å². The number of nitro benzene ring substituents is 1. The Morgan fingerprint density at radius 3 is 2.63 bits per heavy atom. The second-order valence-corrected chi connectivity index (χ2v) is 10.1. The Bertz CT molecular complexity index is 1680. The van der Waals surface area contributed by atoms with Crippen LogP contribution in [0.1, 0.15) is 36.7 Å². The summed E-state index contributed by atoms with van der Waals surface area (Å²) in [6.45, 7) is 3.48. The number of fused-ring (bicyclic) bond motifs is 1. The fourth-order valence-corrected chi connectivity index (χ4v) is 4.38. The molecule has 1 aromatic heterocycles. The summed E-state index contributed by atoms with van der Waals surface area (Å²) in [7, 11) is 1.33. The van der Waals surface area contributed by atoms with Gasteiger partial charge < -0.3 is 14.8 Å². The highest BCUT2D eigenvalue weighted by Crippen LogP contribution is 2.38.